The number of hydrogen-bond donors (Lipinski definition) is 1. The molecule has 0 bridgehead atoms. The van der Waals surface area contributed by atoms with Crippen LogP contribution in [0.1, 0.15) is 17.0 Å². The van der Waals surface area contributed by atoms with E-state index < -0.39 is 11.9 Å². The van der Waals surface area contributed by atoms with Crippen molar-refractivity contribution >= 4 is 11.7 Å². The summed E-state index contributed by atoms with van der Waals surface area (Å²) in [5.41, 5.74) is 2.34. The van der Waals surface area contributed by atoms with E-state index in [2.05, 4.69) is 0 Å². The highest BCUT2D eigenvalue weighted by Gasteiger charge is 2.21. The number of halogens is 1. The Labute approximate surface area is 123 Å². The molecule has 110 valence electrons. The maximum Gasteiger partial charge on any atom is 0.311 e. The zero-order valence-electron chi connectivity index (χ0n) is 12.1. The van der Waals surface area contributed by atoms with Crippen LogP contribution in [-0.4, -0.2) is 25.2 Å². The van der Waals surface area contributed by atoms with Crippen LogP contribution < -0.4 is 4.90 Å². The molecule has 0 aliphatic carbocycles. The van der Waals surface area contributed by atoms with Gasteiger partial charge in [0, 0.05) is 19.8 Å². The Morgan fingerprint density at radius 2 is 1.90 bits per heavy atom. The Hall–Kier alpha value is -2.36. The van der Waals surface area contributed by atoms with Crippen molar-refractivity contribution in [2.75, 3.05) is 19.0 Å². The lowest BCUT2D eigenvalue weighted by atomic mass is 9.91. The average Bonchev–Trinajstić information content (AvgIpc) is 2.44. The highest BCUT2D eigenvalue weighted by atomic mass is 19.1. The van der Waals surface area contributed by atoms with Gasteiger partial charge in [0.15, 0.2) is 0 Å². The third-order valence-electron chi connectivity index (χ3n) is 3.42. The molecule has 0 saturated carbocycles. The summed E-state index contributed by atoms with van der Waals surface area (Å²) in [6.07, 6.45) is 0.268. The molecule has 0 spiro atoms. The molecule has 4 heteroatoms. The van der Waals surface area contributed by atoms with Gasteiger partial charge in [0.25, 0.3) is 0 Å². The lowest BCUT2D eigenvalue weighted by molar-refractivity contribution is -0.138. The topological polar surface area (TPSA) is 40.5 Å². The van der Waals surface area contributed by atoms with Crippen LogP contribution in [0.15, 0.2) is 48.5 Å². The minimum absolute atomic E-state index is 0.268. The Morgan fingerprint density at radius 1 is 1.19 bits per heavy atom. The van der Waals surface area contributed by atoms with Crippen molar-refractivity contribution in [3.05, 3.63) is 65.5 Å². The highest BCUT2D eigenvalue weighted by molar-refractivity contribution is 5.77. The van der Waals surface area contributed by atoms with Gasteiger partial charge in [-0.05, 0) is 41.8 Å². The average molecular weight is 287 g/mol. The molecule has 3 nitrogen and oxygen atoms in total. The molecule has 0 aliphatic rings. The van der Waals surface area contributed by atoms with Crippen LogP contribution in [0.4, 0.5) is 10.1 Å². The Balaban J connectivity index is 2.31. The maximum atomic E-state index is 13.2. The van der Waals surface area contributed by atoms with Crippen molar-refractivity contribution in [2.24, 2.45) is 0 Å². The van der Waals surface area contributed by atoms with E-state index in [1.165, 1.54) is 12.1 Å². The van der Waals surface area contributed by atoms with Crippen LogP contribution in [0.2, 0.25) is 0 Å². The fraction of sp³-hybridized carbons (Fsp3) is 0.235. The summed E-state index contributed by atoms with van der Waals surface area (Å²) in [5, 5.41) is 9.48. The summed E-state index contributed by atoms with van der Waals surface area (Å²) >= 11 is 0. The molecule has 0 aliphatic heterocycles. The van der Waals surface area contributed by atoms with Gasteiger partial charge >= 0.3 is 5.97 Å². The SMILES string of the molecule is CN(C)c1cccc(C(Cc2cccc(F)c2)C(=O)O)c1. The van der Waals surface area contributed by atoms with Gasteiger partial charge in [-0.1, -0.05) is 24.3 Å². The molecule has 21 heavy (non-hydrogen) atoms. The van der Waals surface area contributed by atoms with Crippen molar-refractivity contribution < 1.29 is 14.3 Å². The van der Waals surface area contributed by atoms with Crippen LogP contribution in [0, 0.1) is 5.82 Å². The predicted octanol–water partition coefficient (Wildman–Crippen LogP) is 3.30. The first-order chi connectivity index (χ1) is 9.97. The van der Waals surface area contributed by atoms with E-state index in [-0.39, 0.29) is 12.2 Å². The molecule has 1 atom stereocenters. The summed E-state index contributed by atoms with van der Waals surface area (Å²) in [4.78, 5) is 13.5. The second-order valence-electron chi connectivity index (χ2n) is 5.21. The number of nitrogens with zero attached hydrogens (tertiary/aromatic N) is 1. The zero-order valence-corrected chi connectivity index (χ0v) is 12.1. The first kappa shape index (κ1) is 15.0. The summed E-state index contributed by atoms with van der Waals surface area (Å²) in [6.45, 7) is 0. The minimum Gasteiger partial charge on any atom is -0.481 e. The molecule has 0 fully saturated rings. The van der Waals surface area contributed by atoms with Gasteiger partial charge in [-0.25, -0.2) is 4.39 Å². The third kappa shape index (κ3) is 3.81. The van der Waals surface area contributed by atoms with Gasteiger partial charge < -0.3 is 10.0 Å². The lowest BCUT2D eigenvalue weighted by Gasteiger charge is -2.17. The summed E-state index contributed by atoms with van der Waals surface area (Å²) in [6, 6.07) is 13.5. The maximum absolute atomic E-state index is 13.2. The molecule has 2 aromatic carbocycles. The van der Waals surface area contributed by atoms with Gasteiger partial charge in [-0.3, -0.25) is 4.79 Å². The van der Waals surface area contributed by atoms with Crippen LogP contribution in [0.3, 0.4) is 0 Å². The largest absolute Gasteiger partial charge is 0.481 e. The van der Waals surface area contributed by atoms with E-state index in [9.17, 15) is 14.3 Å². The van der Waals surface area contributed by atoms with E-state index >= 15 is 0 Å². The van der Waals surface area contributed by atoms with Crippen molar-refractivity contribution in [1.82, 2.24) is 0 Å². The monoisotopic (exact) mass is 287 g/mol. The van der Waals surface area contributed by atoms with E-state index in [0.717, 1.165) is 11.3 Å². The Morgan fingerprint density at radius 3 is 2.52 bits per heavy atom. The van der Waals surface area contributed by atoms with Crippen molar-refractivity contribution in [3.63, 3.8) is 0 Å². The molecule has 0 aromatic heterocycles. The number of carboxylic acids is 1. The third-order valence-corrected chi connectivity index (χ3v) is 3.42. The molecular weight excluding hydrogens is 269 g/mol. The van der Waals surface area contributed by atoms with Crippen LogP contribution >= 0.6 is 0 Å². The summed E-state index contributed by atoms with van der Waals surface area (Å²) in [7, 11) is 3.81. The van der Waals surface area contributed by atoms with E-state index in [1.54, 1.807) is 18.2 Å². The van der Waals surface area contributed by atoms with Gasteiger partial charge in [-0.15, -0.1) is 0 Å². The van der Waals surface area contributed by atoms with E-state index in [1.807, 2.05) is 37.2 Å². The van der Waals surface area contributed by atoms with Crippen LogP contribution in [0.5, 0.6) is 0 Å². The van der Waals surface area contributed by atoms with Crippen molar-refractivity contribution in [3.8, 4) is 0 Å². The second-order valence-corrected chi connectivity index (χ2v) is 5.21. The highest BCUT2D eigenvalue weighted by Crippen LogP contribution is 2.25. The molecule has 2 rings (SSSR count). The lowest BCUT2D eigenvalue weighted by Crippen LogP contribution is -2.16. The fourth-order valence-electron chi connectivity index (χ4n) is 2.27. The van der Waals surface area contributed by atoms with Crippen molar-refractivity contribution in [2.45, 2.75) is 12.3 Å². The first-order valence-corrected chi connectivity index (χ1v) is 6.72. The quantitative estimate of drug-likeness (QED) is 0.917. The Kier molecular flexibility index (Phi) is 4.58. The number of aliphatic carboxylic acids is 1. The van der Waals surface area contributed by atoms with Gasteiger partial charge in [0.1, 0.15) is 5.82 Å². The van der Waals surface area contributed by atoms with Crippen LogP contribution in [0.25, 0.3) is 0 Å². The molecule has 1 unspecified atom stereocenters. The molecule has 2 aromatic rings. The fourth-order valence-corrected chi connectivity index (χ4v) is 2.27. The Bertz CT molecular complexity index is 640. The first-order valence-electron chi connectivity index (χ1n) is 6.72. The summed E-state index contributed by atoms with van der Waals surface area (Å²) in [5.74, 6) is -1.94. The van der Waals surface area contributed by atoms with E-state index in [4.69, 9.17) is 0 Å². The standard InChI is InChI=1S/C17H18FNO2/c1-19(2)15-8-4-6-13(11-15)16(17(20)21)10-12-5-3-7-14(18)9-12/h3-9,11,16H,10H2,1-2H3,(H,20,21). The number of hydrogen-bond acceptors (Lipinski definition) is 2. The molecule has 0 heterocycles. The number of benzene rings is 2. The number of carboxylic acid groups (broad SMARTS) is 1. The van der Waals surface area contributed by atoms with E-state index in [0.29, 0.717) is 5.56 Å². The smallest absolute Gasteiger partial charge is 0.311 e. The second kappa shape index (κ2) is 6.39. The molecule has 0 radical (unpaired) electrons. The summed E-state index contributed by atoms with van der Waals surface area (Å²) < 4.78 is 13.2. The molecule has 0 saturated heterocycles. The predicted molar refractivity (Wildman–Crippen MR) is 81.2 cm³/mol. The number of anilines is 1. The molecule has 1 N–H and O–H groups in total. The minimum atomic E-state index is -0.907. The molecular formula is C17H18FNO2. The van der Waals surface area contributed by atoms with Crippen molar-refractivity contribution in [1.29, 1.82) is 0 Å². The van der Waals surface area contributed by atoms with Crippen LogP contribution in [-0.2, 0) is 11.2 Å². The van der Waals surface area contributed by atoms with Gasteiger partial charge in [-0.2, -0.15) is 0 Å². The number of carbonyl (C=O) groups is 1. The van der Waals surface area contributed by atoms with Gasteiger partial charge in [0.05, 0.1) is 5.92 Å². The number of rotatable bonds is 5. The zero-order chi connectivity index (χ0) is 15.4. The normalized spacial score (nSPS) is 12.0. The van der Waals surface area contributed by atoms with Gasteiger partial charge in [0.2, 0.25) is 0 Å². The molecule has 0 amide bonds.